The quantitative estimate of drug-likeness (QED) is 0.890. The molecule has 1 aliphatic carbocycles. The normalized spacial score (nSPS) is 14.3. The number of halogens is 2. The van der Waals surface area contributed by atoms with E-state index in [1.165, 1.54) is 37.1 Å². The van der Waals surface area contributed by atoms with E-state index in [9.17, 15) is 8.78 Å². The van der Waals surface area contributed by atoms with Crippen molar-refractivity contribution >= 4 is 0 Å². The van der Waals surface area contributed by atoms with Gasteiger partial charge in [-0.2, -0.15) is 0 Å². The zero-order chi connectivity index (χ0) is 13.9. The van der Waals surface area contributed by atoms with E-state index < -0.39 is 0 Å². The van der Waals surface area contributed by atoms with Gasteiger partial charge in [0.25, 0.3) is 0 Å². The average molecular weight is 275 g/mol. The Balaban J connectivity index is 1.74. The minimum Gasteiger partial charge on any atom is -0.457 e. The predicted octanol–water partition coefficient (Wildman–Crippen LogP) is 4.01. The molecule has 0 spiro atoms. The van der Waals surface area contributed by atoms with Crippen LogP contribution in [-0.2, 0) is 6.54 Å². The van der Waals surface area contributed by atoms with Crippen LogP contribution < -0.4 is 10.1 Å². The third kappa shape index (κ3) is 3.54. The molecule has 0 heterocycles. The summed E-state index contributed by atoms with van der Waals surface area (Å²) < 4.78 is 32.1. The van der Waals surface area contributed by atoms with Gasteiger partial charge in [0, 0.05) is 24.7 Å². The van der Waals surface area contributed by atoms with E-state index in [2.05, 4.69) is 5.32 Å². The molecule has 4 heteroatoms. The lowest BCUT2D eigenvalue weighted by molar-refractivity contribution is 0.470. The summed E-state index contributed by atoms with van der Waals surface area (Å²) in [4.78, 5) is 0. The van der Waals surface area contributed by atoms with Gasteiger partial charge in [0.05, 0.1) is 0 Å². The third-order valence-corrected chi connectivity index (χ3v) is 3.14. The molecule has 0 atom stereocenters. The molecule has 20 heavy (non-hydrogen) atoms. The molecule has 0 radical (unpaired) electrons. The van der Waals surface area contributed by atoms with Crippen molar-refractivity contribution < 1.29 is 13.5 Å². The summed E-state index contributed by atoms with van der Waals surface area (Å²) in [5.74, 6) is 0.000857. The summed E-state index contributed by atoms with van der Waals surface area (Å²) >= 11 is 0. The molecule has 1 saturated carbocycles. The lowest BCUT2D eigenvalue weighted by Gasteiger charge is -2.09. The molecule has 2 nitrogen and oxygen atoms in total. The highest BCUT2D eigenvalue weighted by Gasteiger charge is 2.20. The first-order valence-electron chi connectivity index (χ1n) is 6.65. The molecule has 1 N–H and O–H groups in total. The number of ether oxygens (including phenoxy) is 1. The van der Waals surface area contributed by atoms with Crippen molar-refractivity contribution in [2.24, 2.45) is 0 Å². The van der Waals surface area contributed by atoms with E-state index in [4.69, 9.17) is 4.74 Å². The smallest absolute Gasteiger partial charge is 0.130 e. The fourth-order valence-electron chi connectivity index (χ4n) is 2.00. The van der Waals surface area contributed by atoms with Crippen molar-refractivity contribution in [2.75, 3.05) is 0 Å². The van der Waals surface area contributed by atoms with Crippen molar-refractivity contribution in [2.45, 2.75) is 25.4 Å². The molecule has 104 valence electrons. The second-order valence-electron chi connectivity index (χ2n) is 5.01. The number of hydrogen-bond acceptors (Lipinski definition) is 2. The predicted molar refractivity (Wildman–Crippen MR) is 72.7 cm³/mol. The second kappa shape index (κ2) is 5.59. The van der Waals surface area contributed by atoms with Gasteiger partial charge in [-0.25, -0.2) is 8.78 Å². The van der Waals surface area contributed by atoms with Crippen LogP contribution in [0.4, 0.5) is 8.78 Å². The first-order chi connectivity index (χ1) is 9.69. The molecule has 3 rings (SSSR count). The molecule has 0 aliphatic heterocycles. The van der Waals surface area contributed by atoms with Crippen LogP contribution in [0.3, 0.4) is 0 Å². The molecule has 0 amide bonds. The molecule has 0 bridgehead atoms. The standard InChI is InChI=1S/C16H15F2NO/c17-12-2-1-3-15(8-12)20-16-7-11(6-13(18)9-16)10-19-14-4-5-14/h1-3,6-9,14,19H,4-5,10H2. The van der Waals surface area contributed by atoms with Crippen LogP contribution in [0.5, 0.6) is 11.5 Å². The molecular weight excluding hydrogens is 260 g/mol. The van der Waals surface area contributed by atoms with Crippen molar-refractivity contribution in [3.63, 3.8) is 0 Å². The summed E-state index contributed by atoms with van der Waals surface area (Å²) in [5, 5.41) is 3.32. The number of rotatable bonds is 5. The van der Waals surface area contributed by atoms with Gasteiger partial charge in [0.2, 0.25) is 0 Å². The molecule has 1 aliphatic rings. The Morgan fingerprint density at radius 3 is 2.55 bits per heavy atom. The van der Waals surface area contributed by atoms with E-state index in [0.717, 1.165) is 5.56 Å². The summed E-state index contributed by atoms with van der Waals surface area (Å²) in [6.07, 6.45) is 2.37. The Morgan fingerprint density at radius 1 is 1.00 bits per heavy atom. The lowest BCUT2D eigenvalue weighted by atomic mass is 10.2. The van der Waals surface area contributed by atoms with Crippen LogP contribution in [0.15, 0.2) is 42.5 Å². The Labute approximate surface area is 116 Å². The highest BCUT2D eigenvalue weighted by molar-refractivity contribution is 5.34. The topological polar surface area (TPSA) is 21.3 Å². The molecule has 2 aromatic rings. The summed E-state index contributed by atoms with van der Waals surface area (Å²) in [7, 11) is 0. The van der Waals surface area contributed by atoms with Crippen LogP contribution in [0.25, 0.3) is 0 Å². The highest BCUT2D eigenvalue weighted by Crippen LogP contribution is 2.25. The Hall–Kier alpha value is -1.94. The van der Waals surface area contributed by atoms with Crippen LogP contribution in [0.1, 0.15) is 18.4 Å². The molecular formula is C16H15F2NO. The summed E-state index contributed by atoms with van der Waals surface area (Å²) in [5.41, 5.74) is 0.823. The third-order valence-electron chi connectivity index (χ3n) is 3.14. The van der Waals surface area contributed by atoms with Gasteiger partial charge in [-0.1, -0.05) is 6.07 Å². The maximum absolute atomic E-state index is 13.6. The fourth-order valence-corrected chi connectivity index (χ4v) is 2.00. The average Bonchev–Trinajstić information content (AvgIpc) is 3.20. The van der Waals surface area contributed by atoms with E-state index in [1.807, 2.05) is 0 Å². The highest BCUT2D eigenvalue weighted by atomic mass is 19.1. The van der Waals surface area contributed by atoms with E-state index in [-0.39, 0.29) is 11.6 Å². The van der Waals surface area contributed by atoms with Gasteiger partial charge in [0.15, 0.2) is 0 Å². The molecule has 0 saturated heterocycles. The van der Waals surface area contributed by atoms with E-state index >= 15 is 0 Å². The SMILES string of the molecule is Fc1cccc(Oc2cc(F)cc(CNC3CC3)c2)c1. The van der Waals surface area contributed by atoms with Gasteiger partial charge in [-0.3, -0.25) is 0 Å². The van der Waals surface area contributed by atoms with Crippen LogP contribution >= 0.6 is 0 Å². The van der Waals surface area contributed by atoms with Crippen LogP contribution in [0, 0.1) is 11.6 Å². The van der Waals surface area contributed by atoms with Gasteiger partial charge in [0.1, 0.15) is 23.1 Å². The molecule has 0 unspecified atom stereocenters. The van der Waals surface area contributed by atoms with Crippen molar-refractivity contribution in [1.29, 1.82) is 0 Å². The summed E-state index contributed by atoms with van der Waals surface area (Å²) in [6, 6.07) is 10.9. The lowest BCUT2D eigenvalue weighted by Crippen LogP contribution is -2.15. The zero-order valence-corrected chi connectivity index (χ0v) is 10.9. The first-order valence-corrected chi connectivity index (χ1v) is 6.65. The van der Waals surface area contributed by atoms with E-state index in [0.29, 0.717) is 24.1 Å². The van der Waals surface area contributed by atoms with Gasteiger partial charge in [-0.05, 0) is 42.7 Å². The van der Waals surface area contributed by atoms with Crippen molar-refractivity contribution in [1.82, 2.24) is 5.32 Å². The monoisotopic (exact) mass is 275 g/mol. The molecule has 2 aromatic carbocycles. The Morgan fingerprint density at radius 2 is 1.80 bits per heavy atom. The van der Waals surface area contributed by atoms with Crippen molar-refractivity contribution in [3.8, 4) is 11.5 Å². The Bertz CT molecular complexity index is 611. The largest absolute Gasteiger partial charge is 0.457 e. The van der Waals surface area contributed by atoms with Crippen LogP contribution in [-0.4, -0.2) is 6.04 Å². The minimum absolute atomic E-state index is 0.355. The number of hydrogen-bond donors (Lipinski definition) is 1. The number of nitrogens with one attached hydrogen (secondary N) is 1. The first kappa shape index (κ1) is 13.1. The fraction of sp³-hybridized carbons (Fsp3) is 0.250. The zero-order valence-electron chi connectivity index (χ0n) is 10.9. The minimum atomic E-state index is -0.380. The molecule has 1 fully saturated rings. The van der Waals surface area contributed by atoms with Gasteiger partial charge in [-0.15, -0.1) is 0 Å². The Kier molecular flexibility index (Phi) is 3.65. The van der Waals surface area contributed by atoms with Crippen LogP contribution in [0.2, 0.25) is 0 Å². The van der Waals surface area contributed by atoms with E-state index in [1.54, 1.807) is 18.2 Å². The van der Waals surface area contributed by atoms with Gasteiger partial charge >= 0.3 is 0 Å². The van der Waals surface area contributed by atoms with Crippen molar-refractivity contribution in [3.05, 3.63) is 59.7 Å². The number of benzene rings is 2. The molecule has 0 aromatic heterocycles. The maximum Gasteiger partial charge on any atom is 0.130 e. The second-order valence-corrected chi connectivity index (χ2v) is 5.01. The summed E-state index contributed by atoms with van der Waals surface area (Å²) in [6.45, 7) is 0.613. The van der Waals surface area contributed by atoms with Gasteiger partial charge < -0.3 is 10.1 Å². The maximum atomic E-state index is 13.6.